The number of aromatic nitrogens is 2. The zero-order valence-corrected chi connectivity index (χ0v) is 19.1. The summed E-state index contributed by atoms with van der Waals surface area (Å²) in [6.07, 6.45) is 3.43. The number of rotatable bonds is 8. The van der Waals surface area contributed by atoms with Crippen LogP contribution >= 0.6 is 11.6 Å². The first-order valence-corrected chi connectivity index (χ1v) is 10.6. The summed E-state index contributed by atoms with van der Waals surface area (Å²) in [4.78, 5) is 23.6. The Morgan fingerprint density at radius 1 is 1.22 bits per heavy atom. The maximum absolute atomic E-state index is 12.4. The van der Waals surface area contributed by atoms with Crippen molar-refractivity contribution in [2.75, 3.05) is 13.7 Å². The summed E-state index contributed by atoms with van der Waals surface area (Å²) < 4.78 is 4.96. The fourth-order valence-corrected chi connectivity index (χ4v) is 3.82. The molecule has 0 aliphatic heterocycles. The molecule has 0 amide bonds. The number of nitriles is 1. The largest absolute Gasteiger partial charge is 0.465 e. The van der Waals surface area contributed by atoms with Gasteiger partial charge in [-0.3, -0.25) is 14.9 Å². The zero-order chi connectivity index (χ0) is 23.1. The number of esters is 1. The van der Waals surface area contributed by atoms with E-state index in [-0.39, 0.29) is 5.92 Å². The minimum absolute atomic E-state index is 0.156. The lowest BCUT2D eigenvalue weighted by Gasteiger charge is -2.27. The van der Waals surface area contributed by atoms with E-state index in [0.717, 1.165) is 22.5 Å². The number of ether oxygens (including phenoxy) is 1. The van der Waals surface area contributed by atoms with Crippen LogP contribution in [0.25, 0.3) is 0 Å². The second kappa shape index (κ2) is 10.9. The number of hydrogen-bond acceptors (Lipinski definition) is 6. The number of benzene rings is 1. The van der Waals surface area contributed by atoms with E-state index in [1.54, 1.807) is 24.5 Å². The molecule has 3 rings (SSSR count). The Morgan fingerprint density at radius 3 is 2.69 bits per heavy atom. The summed E-state index contributed by atoms with van der Waals surface area (Å²) in [5.41, 5.74) is 4.50. The van der Waals surface area contributed by atoms with E-state index in [9.17, 15) is 10.1 Å². The van der Waals surface area contributed by atoms with Gasteiger partial charge in [-0.15, -0.1) is 0 Å². The van der Waals surface area contributed by atoms with Gasteiger partial charge in [-0.2, -0.15) is 5.26 Å². The smallest absolute Gasteiger partial charge is 0.338 e. The van der Waals surface area contributed by atoms with Gasteiger partial charge in [-0.1, -0.05) is 30.7 Å². The van der Waals surface area contributed by atoms with Gasteiger partial charge in [0.2, 0.25) is 0 Å². The standard InChI is InChI=1S/C25H25ClN4O2/c1-17-10-21(26)13-29-24(17)16-30(14-18(2)23-6-4-5-9-28-23)15-20-8-7-19(12-27)11-22(20)25(31)32-3/h4-11,13,18H,14-16H2,1-3H3. The number of methoxy groups -OCH3 is 1. The van der Waals surface area contributed by atoms with Gasteiger partial charge in [-0.05, 0) is 48.4 Å². The van der Waals surface area contributed by atoms with Crippen LogP contribution in [0.4, 0.5) is 0 Å². The Balaban J connectivity index is 1.93. The van der Waals surface area contributed by atoms with Gasteiger partial charge < -0.3 is 4.74 Å². The van der Waals surface area contributed by atoms with E-state index < -0.39 is 5.97 Å². The van der Waals surface area contributed by atoms with Gasteiger partial charge in [0, 0.05) is 43.6 Å². The second-order valence-corrected chi connectivity index (χ2v) is 8.15. The molecule has 0 radical (unpaired) electrons. The molecule has 0 saturated heterocycles. The monoisotopic (exact) mass is 448 g/mol. The third-order valence-electron chi connectivity index (χ3n) is 5.29. The summed E-state index contributed by atoms with van der Waals surface area (Å²) in [6.45, 7) is 5.85. The topological polar surface area (TPSA) is 79.1 Å². The molecule has 0 bridgehead atoms. The van der Waals surface area contributed by atoms with Gasteiger partial charge in [0.15, 0.2) is 0 Å². The van der Waals surface area contributed by atoms with Crippen molar-refractivity contribution >= 4 is 17.6 Å². The van der Waals surface area contributed by atoms with Crippen molar-refractivity contribution in [3.8, 4) is 6.07 Å². The first-order valence-electron chi connectivity index (χ1n) is 10.3. The molecule has 1 atom stereocenters. The highest BCUT2D eigenvalue weighted by molar-refractivity contribution is 6.30. The van der Waals surface area contributed by atoms with E-state index in [4.69, 9.17) is 16.3 Å². The van der Waals surface area contributed by atoms with Crippen LogP contribution in [0, 0.1) is 18.3 Å². The van der Waals surface area contributed by atoms with E-state index in [0.29, 0.717) is 35.8 Å². The minimum atomic E-state index is -0.462. The molecule has 0 aliphatic carbocycles. The molecule has 2 aromatic heterocycles. The first kappa shape index (κ1) is 23.4. The fourth-order valence-electron chi connectivity index (χ4n) is 3.60. The Hall–Kier alpha value is -3.27. The highest BCUT2D eigenvalue weighted by atomic mass is 35.5. The molecule has 1 aromatic carbocycles. The van der Waals surface area contributed by atoms with Gasteiger partial charge in [0.05, 0.1) is 35.0 Å². The number of aryl methyl sites for hydroxylation is 1. The van der Waals surface area contributed by atoms with Crippen LogP contribution in [0.3, 0.4) is 0 Å². The van der Waals surface area contributed by atoms with E-state index >= 15 is 0 Å². The van der Waals surface area contributed by atoms with Crippen LogP contribution in [-0.2, 0) is 17.8 Å². The number of hydrogen-bond donors (Lipinski definition) is 0. The van der Waals surface area contributed by atoms with Crippen molar-refractivity contribution in [3.63, 3.8) is 0 Å². The quantitative estimate of drug-likeness (QED) is 0.456. The molecule has 0 aliphatic rings. The molecular formula is C25H25ClN4O2. The van der Waals surface area contributed by atoms with E-state index in [2.05, 4.69) is 27.9 Å². The Kier molecular flexibility index (Phi) is 7.93. The van der Waals surface area contributed by atoms with Gasteiger partial charge in [0.25, 0.3) is 0 Å². The molecule has 2 heterocycles. The van der Waals surface area contributed by atoms with Crippen molar-refractivity contribution < 1.29 is 9.53 Å². The molecular weight excluding hydrogens is 424 g/mol. The van der Waals surface area contributed by atoms with Crippen molar-refractivity contribution in [2.24, 2.45) is 0 Å². The molecule has 164 valence electrons. The molecule has 3 aromatic rings. The SMILES string of the molecule is COC(=O)c1cc(C#N)ccc1CN(Cc1ncc(Cl)cc1C)CC(C)c1ccccn1. The number of carbonyl (C=O) groups is 1. The average Bonchev–Trinajstić information content (AvgIpc) is 2.81. The molecule has 0 saturated carbocycles. The van der Waals surface area contributed by atoms with Crippen LogP contribution in [-0.4, -0.2) is 34.5 Å². The Morgan fingerprint density at radius 2 is 2.03 bits per heavy atom. The van der Waals surface area contributed by atoms with Crippen LogP contribution < -0.4 is 0 Å². The zero-order valence-electron chi connectivity index (χ0n) is 18.4. The highest BCUT2D eigenvalue weighted by Gasteiger charge is 2.20. The Labute approximate surface area is 193 Å². The maximum atomic E-state index is 12.4. The van der Waals surface area contributed by atoms with Gasteiger partial charge in [-0.25, -0.2) is 4.79 Å². The molecule has 0 N–H and O–H groups in total. The van der Waals surface area contributed by atoms with Crippen LogP contribution in [0.15, 0.2) is 54.9 Å². The molecule has 32 heavy (non-hydrogen) atoms. The molecule has 0 spiro atoms. The third-order valence-corrected chi connectivity index (χ3v) is 5.50. The first-order chi connectivity index (χ1) is 15.4. The minimum Gasteiger partial charge on any atom is -0.465 e. The van der Waals surface area contributed by atoms with Gasteiger partial charge >= 0.3 is 5.97 Å². The number of halogens is 1. The van der Waals surface area contributed by atoms with Crippen LogP contribution in [0.5, 0.6) is 0 Å². The van der Waals surface area contributed by atoms with E-state index in [1.165, 1.54) is 7.11 Å². The molecule has 1 unspecified atom stereocenters. The lowest BCUT2D eigenvalue weighted by Crippen LogP contribution is -2.29. The molecule has 0 fully saturated rings. The highest BCUT2D eigenvalue weighted by Crippen LogP contribution is 2.22. The normalized spacial score (nSPS) is 11.8. The summed E-state index contributed by atoms with van der Waals surface area (Å²) in [6, 6.07) is 15.0. The third kappa shape index (κ3) is 5.91. The second-order valence-electron chi connectivity index (χ2n) is 7.72. The summed E-state index contributed by atoms with van der Waals surface area (Å²) in [5.74, 6) is -0.306. The maximum Gasteiger partial charge on any atom is 0.338 e. The lowest BCUT2D eigenvalue weighted by molar-refractivity contribution is 0.0598. The van der Waals surface area contributed by atoms with Gasteiger partial charge in [0.1, 0.15) is 0 Å². The Bertz CT molecular complexity index is 1130. The summed E-state index contributed by atoms with van der Waals surface area (Å²) >= 11 is 6.09. The van der Waals surface area contributed by atoms with Crippen molar-refractivity contribution in [2.45, 2.75) is 32.9 Å². The summed E-state index contributed by atoms with van der Waals surface area (Å²) in [7, 11) is 1.34. The predicted molar refractivity (Wildman–Crippen MR) is 123 cm³/mol. The molecule has 7 heteroatoms. The van der Waals surface area contributed by atoms with E-state index in [1.807, 2.05) is 37.3 Å². The lowest BCUT2D eigenvalue weighted by atomic mass is 10.0. The predicted octanol–water partition coefficient (Wildman–Crippen LogP) is 4.90. The van der Waals surface area contributed by atoms with Crippen molar-refractivity contribution in [1.82, 2.24) is 14.9 Å². The summed E-state index contributed by atoms with van der Waals surface area (Å²) in [5, 5.41) is 9.84. The number of carbonyl (C=O) groups excluding carboxylic acids is 1. The van der Waals surface area contributed by atoms with Crippen molar-refractivity contribution in [1.29, 1.82) is 5.26 Å². The number of nitrogens with zero attached hydrogens (tertiary/aromatic N) is 4. The number of pyridine rings is 2. The van der Waals surface area contributed by atoms with Crippen LogP contribution in [0.2, 0.25) is 5.02 Å². The van der Waals surface area contributed by atoms with Crippen LogP contribution in [0.1, 0.15) is 51.3 Å². The van der Waals surface area contributed by atoms with Crippen molar-refractivity contribution in [3.05, 3.63) is 93.5 Å². The fraction of sp³-hybridized carbons (Fsp3) is 0.280. The molecule has 6 nitrogen and oxygen atoms in total. The average molecular weight is 449 g/mol.